The van der Waals surface area contributed by atoms with Gasteiger partial charge in [-0.25, -0.2) is 4.39 Å². The van der Waals surface area contributed by atoms with E-state index in [4.69, 9.17) is 16.1 Å². The molecule has 18 heavy (non-hydrogen) atoms. The van der Waals surface area contributed by atoms with Crippen molar-refractivity contribution in [1.29, 1.82) is 0 Å². The lowest BCUT2D eigenvalue weighted by atomic mass is 10.1. The molecule has 7 heteroatoms. The largest absolute Gasteiger partial charge is 0.394 e. The fourth-order valence-corrected chi connectivity index (χ4v) is 1.20. The maximum absolute atomic E-state index is 13.6. The maximum atomic E-state index is 13.6. The second-order valence-corrected chi connectivity index (χ2v) is 3.50. The van der Waals surface area contributed by atoms with Gasteiger partial charge in [0.2, 0.25) is 0 Å². The van der Waals surface area contributed by atoms with Crippen LogP contribution in [0.3, 0.4) is 0 Å². The second kappa shape index (κ2) is 7.13. The van der Waals surface area contributed by atoms with Crippen molar-refractivity contribution in [1.82, 2.24) is 0 Å². The Morgan fingerprint density at radius 2 is 2.33 bits per heavy atom. The number of oxime groups is 1. The van der Waals surface area contributed by atoms with Crippen LogP contribution in [0.2, 0.25) is 0 Å². The molecule has 0 radical (unpaired) electrons. The molecule has 0 aliphatic carbocycles. The Labute approximate surface area is 104 Å². The molecule has 0 heterocycles. The topological polar surface area (TPSA) is 96.4 Å². The lowest BCUT2D eigenvalue weighted by Crippen LogP contribution is -2.14. The molecule has 0 fully saturated rings. The highest BCUT2D eigenvalue weighted by molar-refractivity contribution is 5.97. The number of halogens is 1. The predicted octanol–water partition coefficient (Wildman–Crippen LogP) is 2.68. The summed E-state index contributed by atoms with van der Waals surface area (Å²) in [7, 11) is 0. The van der Waals surface area contributed by atoms with Crippen LogP contribution in [0.15, 0.2) is 28.5 Å². The van der Waals surface area contributed by atoms with E-state index in [2.05, 4.69) is 15.2 Å². The van der Waals surface area contributed by atoms with Gasteiger partial charge in [0.25, 0.3) is 0 Å². The summed E-state index contributed by atoms with van der Waals surface area (Å²) in [6.45, 7) is 2.36. The molecule has 96 valence electrons. The zero-order chi connectivity index (χ0) is 13.4. The average Bonchev–Trinajstić information content (AvgIpc) is 2.37. The van der Waals surface area contributed by atoms with Gasteiger partial charge in [-0.3, -0.25) is 0 Å². The first-order valence-electron chi connectivity index (χ1n) is 5.44. The third kappa shape index (κ3) is 3.95. The highest BCUT2D eigenvalue weighted by Crippen LogP contribution is 2.11. The zero-order valence-electron chi connectivity index (χ0n) is 10.0. The number of nitrogens with two attached hydrogens (primary N) is 1. The highest BCUT2D eigenvalue weighted by Gasteiger charge is 2.05. The van der Waals surface area contributed by atoms with Gasteiger partial charge in [-0.05, 0) is 23.6 Å². The molecule has 0 unspecified atom stereocenters. The smallest absolute Gasteiger partial charge is 0.170 e. The van der Waals surface area contributed by atoms with E-state index in [1.165, 1.54) is 12.1 Å². The number of hydrogen-bond acceptors (Lipinski definition) is 3. The normalized spacial score (nSPS) is 10.9. The summed E-state index contributed by atoms with van der Waals surface area (Å²) in [5, 5.41) is 6.96. The molecule has 0 saturated heterocycles. The van der Waals surface area contributed by atoms with E-state index < -0.39 is 5.82 Å². The van der Waals surface area contributed by atoms with E-state index in [1.54, 1.807) is 6.07 Å². The maximum Gasteiger partial charge on any atom is 0.170 e. The summed E-state index contributed by atoms with van der Waals surface area (Å²) in [6, 6.07) is 4.33. The minimum atomic E-state index is -0.492. The van der Waals surface area contributed by atoms with Crippen molar-refractivity contribution in [3.05, 3.63) is 45.6 Å². The van der Waals surface area contributed by atoms with Crippen molar-refractivity contribution in [2.45, 2.75) is 19.9 Å². The van der Waals surface area contributed by atoms with E-state index in [1.807, 2.05) is 6.92 Å². The molecule has 0 spiro atoms. The van der Waals surface area contributed by atoms with Crippen molar-refractivity contribution >= 4 is 5.84 Å². The van der Waals surface area contributed by atoms with Gasteiger partial charge in [0.05, 0.1) is 6.54 Å². The van der Waals surface area contributed by atoms with E-state index in [0.29, 0.717) is 17.7 Å². The van der Waals surface area contributed by atoms with Crippen LogP contribution in [-0.4, -0.2) is 12.4 Å². The van der Waals surface area contributed by atoms with Crippen molar-refractivity contribution in [2.24, 2.45) is 16.0 Å². The molecule has 0 aromatic heterocycles. The Bertz CT molecular complexity index is 482. The lowest BCUT2D eigenvalue weighted by molar-refractivity contribution is 0.145. The monoisotopic (exact) mass is 251 g/mol. The summed E-state index contributed by atoms with van der Waals surface area (Å²) in [5.41, 5.74) is 14.5. The van der Waals surface area contributed by atoms with Crippen LogP contribution >= 0.6 is 0 Å². The number of amidine groups is 1. The second-order valence-electron chi connectivity index (χ2n) is 3.50. The van der Waals surface area contributed by atoms with Gasteiger partial charge < -0.3 is 10.6 Å². The summed E-state index contributed by atoms with van der Waals surface area (Å²) >= 11 is 0. The van der Waals surface area contributed by atoms with Crippen molar-refractivity contribution < 1.29 is 9.23 Å². The van der Waals surface area contributed by atoms with Gasteiger partial charge in [0.15, 0.2) is 5.84 Å². The van der Waals surface area contributed by atoms with Crippen LogP contribution in [0.1, 0.15) is 24.5 Å². The number of nitrogens with zero attached hydrogens (tertiary/aromatic N) is 4. The Kier molecular flexibility index (Phi) is 5.47. The Hall–Kier alpha value is -2.27. The van der Waals surface area contributed by atoms with Crippen LogP contribution in [0.4, 0.5) is 4.39 Å². The Balaban J connectivity index is 2.82. The highest BCUT2D eigenvalue weighted by atomic mass is 19.1. The Morgan fingerprint density at radius 3 is 2.94 bits per heavy atom. The number of hydrogen-bond donors (Lipinski definition) is 1. The third-order valence-corrected chi connectivity index (χ3v) is 2.11. The molecular weight excluding hydrogens is 237 g/mol. The zero-order valence-corrected chi connectivity index (χ0v) is 10.0. The summed E-state index contributed by atoms with van der Waals surface area (Å²) in [4.78, 5) is 7.48. The first-order chi connectivity index (χ1) is 8.69. The van der Waals surface area contributed by atoms with Crippen molar-refractivity contribution in [2.75, 3.05) is 6.61 Å². The van der Waals surface area contributed by atoms with Crippen LogP contribution in [0, 0.1) is 5.82 Å². The number of rotatable bonds is 6. The van der Waals surface area contributed by atoms with Crippen LogP contribution in [0.5, 0.6) is 0 Å². The SMILES string of the molecule is CCCON=C(N)c1ccc(CN=[N+]=[N-])c(F)c1. The minimum Gasteiger partial charge on any atom is -0.394 e. The molecular formula is C11H14FN5O. The molecule has 0 saturated carbocycles. The van der Waals surface area contributed by atoms with Gasteiger partial charge in [-0.1, -0.05) is 29.3 Å². The lowest BCUT2D eigenvalue weighted by Gasteiger charge is -2.04. The summed E-state index contributed by atoms with van der Waals surface area (Å²) < 4.78 is 13.6. The summed E-state index contributed by atoms with van der Waals surface area (Å²) in [6.07, 6.45) is 0.816. The molecule has 0 aliphatic rings. The van der Waals surface area contributed by atoms with E-state index in [0.717, 1.165) is 6.42 Å². The number of azide groups is 1. The van der Waals surface area contributed by atoms with Gasteiger partial charge in [-0.2, -0.15) is 0 Å². The van der Waals surface area contributed by atoms with Crippen LogP contribution in [-0.2, 0) is 11.4 Å². The third-order valence-electron chi connectivity index (χ3n) is 2.11. The van der Waals surface area contributed by atoms with Crippen LogP contribution < -0.4 is 5.73 Å². The van der Waals surface area contributed by atoms with Crippen molar-refractivity contribution in [3.8, 4) is 0 Å². The first-order valence-corrected chi connectivity index (χ1v) is 5.44. The quantitative estimate of drug-likeness (QED) is 0.160. The van der Waals surface area contributed by atoms with Gasteiger partial charge in [-0.15, -0.1) is 0 Å². The summed E-state index contributed by atoms with van der Waals surface area (Å²) in [5.74, 6) is -0.383. The van der Waals surface area contributed by atoms with E-state index in [-0.39, 0.29) is 12.4 Å². The average molecular weight is 251 g/mol. The number of benzene rings is 1. The molecule has 1 aromatic rings. The molecule has 0 amide bonds. The van der Waals surface area contributed by atoms with E-state index in [9.17, 15) is 4.39 Å². The van der Waals surface area contributed by atoms with Crippen molar-refractivity contribution in [3.63, 3.8) is 0 Å². The fraction of sp³-hybridized carbons (Fsp3) is 0.364. The molecule has 2 N–H and O–H groups in total. The van der Waals surface area contributed by atoms with E-state index >= 15 is 0 Å². The van der Waals surface area contributed by atoms with Gasteiger partial charge in [0, 0.05) is 10.5 Å². The van der Waals surface area contributed by atoms with Crippen LogP contribution in [0.25, 0.3) is 10.4 Å². The molecule has 6 nitrogen and oxygen atoms in total. The molecule has 0 bridgehead atoms. The minimum absolute atomic E-state index is 0.0357. The molecule has 1 rings (SSSR count). The van der Waals surface area contributed by atoms with Gasteiger partial charge >= 0.3 is 0 Å². The predicted molar refractivity (Wildman–Crippen MR) is 66.2 cm³/mol. The Morgan fingerprint density at radius 1 is 1.56 bits per heavy atom. The first kappa shape index (κ1) is 13.8. The molecule has 0 atom stereocenters. The molecule has 1 aromatic carbocycles. The fourth-order valence-electron chi connectivity index (χ4n) is 1.20. The standard InChI is InChI=1S/C11H14FN5O/c1-2-5-18-16-11(13)8-3-4-9(7-15-17-14)10(12)6-8/h3-4,6H,2,5,7H2,1H3,(H2,13,16). The van der Waals surface area contributed by atoms with Gasteiger partial charge in [0.1, 0.15) is 12.4 Å². The molecule has 0 aliphatic heterocycles.